The van der Waals surface area contributed by atoms with Crippen LogP contribution >= 0.6 is 0 Å². The summed E-state index contributed by atoms with van der Waals surface area (Å²) in [4.78, 5) is 17.3. The molecule has 1 N–H and O–H groups in total. The topological polar surface area (TPSA) is 54.0 Å². The highest BCUT2D eigenvalue weighted by molar-refractivity contribution is 5.81. The molecule has 1 amide bonds. The van der Waals surface area contributed by atoms with E-state index >= 15 is 0 Å². The number of nitrogens with one attached hydrogen (secondary N) is 1. The number of ether oxygens (including phenoxy) is 2. The van der Waals surface area contributed by atoms with E-state index in [1.54, 1.807) is 13.2 Å². The van der Waals surface area contributed by atoms with Crippen molar-refractivity contribution in [1.29, 1.82) is 0 Å². The van der Waals surface area contributed by atoms with Gasteiger partial charge in [0, 0.05) is 44.5 Å². The van der Waals surface area contributed by atoms with Crippen molar-refractivity contribution in [3.8, 4) is 11.5 Å². The number of nitrogens with zero attached hydrogens (tertiary/aromatic N) is 2. The fourth-order valence-corrected chi connectivity index (χ4v) is 3.35. The number of benzene rings is 2. The summed E-state index contributed by atoms with van der Waals surface area (Å²) >= 11 is 0. The van der Waals surface area contributed by atoms with E-state index in [2.05, 4.69) is 46.4 Å². The number of hydrogen-bond acceptors (Lipinski definition) is 5. The minimum absolute atomic E-state index is 0.113. The molecule has 0 radical (unpaired) electrons. The largest absolute Gasteiger partial charge is 0.497 e. The Bertz CT molecular complexity index is 786. The van der Waals surface area contributed by atoms with E-state index in [0.717, 1.165) is 31.7 Å². The Morgan fingerprint density at radius 1 is 1.07 bits per heavy atom. The van der Waals surface area contributed by atoms with Crippen molar-refractivity contribution in [3.63, 3.8) is 0 Å². The second kappa shape index (κ2) is 10.2. The van der Waals surface area contributed by atoms with Crippen LogP contribution in [-0.2, 0) is 11.3 Å². The van der Waals surface area contributed by atoms with Gasteiger partial charge in [0.05, 0.1) is 7.11 Å². The maximum absolute atomic E-state index is 12.6. The molecule has 29 heavy (non-hydrogen) atoms. The smallest absolute Gasteiger partial charge is 0.261 e. The number of rotatable bonds is 8. The van der Waals surface area contributed by atoms with E-state index < -0.39 is 6.10 Å². The maximum Gasteiger partial charge on any atom is 0.261 e. The summed E-state index contributed by atoms with van der Waals surface area (Å²) in [7, 11) is 3.77. The van der Waals surface area contributed by atoms with Crippen LogP contribution in [-0.4, -0.2) is 57.2 Å². The quantitative estimate of drug-likeness (QED) is 0.742. The van der Waals surface area contributed by atoms with Crippen LogP contribution in [0.25, 0.3) is 0 Å². The number of hydrogen-bond donors (Lipinski definition) is 1. The van der Waals surface area contributed by atoms with Crippen molar-refractivity contribution >= 4 is 11.6 Å². The molecule has 0 bridgehead atoms. The summed E-state index contributed by atoms with van der Waals surface area (Å²) in [6.45, 7) is 6.70. The fourth-order valence-electron chi connectivity index (χ4n) is 3.35. The van der Waals surface area contributed by atoms with Crippen LogP contribution in [0.15, 0.2) is 48.5 Å². The molecule has 0 spiro atoms. The zero-order valence-corrected chi connectivity index (χ0v) is 17.6. The third-order valence-electron chi connectivity index (χ3n) is 5.25. The van der Waals surface area contributed by atoms with Gasteiger partial charge >= 0.3 is 0 Å². The predicted octanol–water partition coefficient (Wildman–Crippen LogP) is 2.92. The Morgan fingerprint density at radius 2 is 1.76 bits per heavy atom. The number of carbonyl (C=O) groups excluding carboxylic acids is 1. The first-order valence-corrected chi connectivity index (χ1v) is 10.2. The Labute approximate surface area is 173 Å². The SMILES string of the molecule is CCC(Oc1cccc(OC)c1)C(=O)NCc1ccc(N2CCN(C)CC2)cc1. The van der Waals surface area contributed by atoms with Crippen molar-refractivity contribution in [1.82, 2.24) is 10.2 Å². The molecule has 156 valence electrons. The van der Waals surface area contributed by atoms with Crippen molar-refractivity contribution in [2.24, 2.45) is 0 Å². The summed E-state index contributed by atoms with van der Waals surface area (Å²) in [5.41, 5.74) is 2.31. The third-order valence-corrected chi connectivity index (χ3v) is 5.25. The van der Waals surface area contributed by atoms with Gasteiger partial charge in [0.15, 0.2) is 6.10 Å². The van der Waals surface area contributed by atoms with E-state index in [9.17, 15) is 4.79 Å². The van der Waals surface area contributed by atoms with E-state index in [4.69, 9.17) is 9.47 Å². The lowest BCUT2D eigenvalue weighted by Gasteiger charge is -2.34. The molecule has 1 aliphatic heterocycles. The summed E-state index contributed by atoms with van der Waals surface area (Å²) in [5.74, 6) is 1.22. The van der Waals surface area contributed by atoms with Gasteiger partial charge in [-0.05, 0) is 43.3 Å². The molecule has 6 heteroatoms. The molecule has 2 aromatic rings. The first-order chi connectivity index (χ1) is 14.1. The standard InChI is InChI=1S/C23H31N3O3/c1-4-22(29-21-7-5-6-20(16-21)28-3)23(27)24-17-18-8-10-19(11-9-18)26-14-12-25(2)13-15-26/h5-11,16,22H,4,12-15,17H2,1-3H3,(H,24,27). The molecule has 0 saturated carbocycles. The van der Waals surface area contributed by atoms with Gasteiger partial charge in [-0.1, -0.05) is 25.1 Å². The van der Waals surface area contributed by atoms with Crippen LogP contribution in [0.3, 0.4) is 0 Å². The van der Waals surface area contributed by atoms with Crippen LogP contribution in [0.5, 0.6) is 11.5 Å². The first-order valence-electron chi connectivity index (χ1n) is 10.2. The van der Waals surface area contributed by atoms with Crippen LogP contribution < -0.4 is 19.7 Å². The molecule has 3 rings (SSSR count). The second-order valence-corrected chi connectivity index (χ2v) is 7.37. The lowest BCUT2D eigenvalue weighted by Crippen LogP contribution is -2.44. The maximum atomic E-state index is 12.6. The van der Waals surface area contributed by atoms with Crippen molar-refractivity contribution in [2.45, 2.75) is 26.0 Å². The minimum atomic E-state index is -0.535. The highest BCUT2D eigenvalue weighted by atomic mass is 16.5. The van der Waals surface area contributed by atoms with Crippen molar-refractivity contribution in [3.05, 3.63) is 54.1 Å². The van der Waals surface area contributed by atoms with Crippen LogP contribution in [0.4, 0.5) is 5.69 Å². The third kappa shape index (κ3) is 5.87. The Hall–Kier alpha value is -2.73. The van der Waals surface area contributed by atoms with Gasteiger partial charge in [-0.3, -0.25) is 4.79 Å². The number of piperazine rings is 1. The number of carbonyl (C=O) groups is 1. The van der Waals surface area contributed by atoms with Crippen molar-refractivity contribution in [2.75, 3.05) is 45.2 Å². The van der Waals surface area contributed by atoms with E-state index in [1.807, 2.05) is 25.1 Å². The zero-order valence-electron chi connectivity index (χ0n) is 17.6. The van der Waals surface area contributed by atoms with Gasteiger partial charge in [-0.15, -0.1) is 0 Å². The Morgan fingerprint density at radius 3 is 2.41 bits per heavy atom. The van der Waals surface area contributed by atoms with Crippen LogP contribution in [0.1, 0.15) is 18.9 Å². The number of anilines is 1. The molecule has 1 heterocycles. The van der Waals surface area contributed by atoms with Crippen LogP contribution in [0, 0.1) is 0 Å². The lowest BCUT2D eigenvalue weighted by molar-refractivity contribution is -0.128. The van der Waals surface area contributed by atoms with Gasteiger partial charge in [-0.2, -0.15) is 0 Å². The molecule has 0 aromatic heterocycles. The van der Waals surface area contributed by atoms with E-state index in [0.29, 0.717) is 24.5 Å². The average Bonchev–Trinajstić information content (AvgIpc) is 2.77. The first kappa shape index (κ1) is 21.0. The molecule has 2 aromatic carbocycles. The highest BCUT2D eigenvalue weighted by Crippen LogP contribution is 2.21. The fraction of sp³-hybridized carbons (Fsp3) is 0.435. The Kier molecular flexibility index (Phi) is 7.36. The molecule has 6 nitrogen and oxygen atoms in total. The molecule has 1 unspecified atom stereocenters. The van der Waals surface area contributed by atoms with Gasteiger partial charge in [0.2, 0.25) is 0 Å². The van der Waals surface area contributed by atoms with Gasteiger partial charge in [0.1, 0.15) is 11.5 Å². The zero-order chi connectivity index (χ0) is 20.6. The summed E-state index contributed by atoms with van der Waals surface area (Å²) in [5, 5.41) is 2.99. The Balaban J connectivity index is 1.52. The summed E-state index contributed by atoms with van der Waals surface area (Å²) < 4.78 is 11.1. The normalized spacial score (nSPS) is 15.6. The van der Waals surface area contributed by atoms with E-state index in [1.165, 1.54) is 5.69 Å². The van der Waals surface area contributed by atoms with Gasteiger partial charge in [0.25, 0.3) is 5.91 Å². The predicted molar refractivity (Wildman–Crippen MR) is 116 cm³/mol. The van der Waals surface area contributed by atoms with Gasteiger partial charge < -0.3 is 24.6 Å². The van der Waals surface area contributed by atoms with Crippen molar-refractivity contribution < 1.29 is 14.3 Å². The lowest BCUT2D eigenvalue weighted by atomic mass is 10.1. The van der Waals surface area contributed by atoms with E-state index in [-0.39, 0.29) is 5.91 Å². The minimum Gasteiger partial charge on any atom is -0.497 e. The average molecular weight is 398 g/mol. The monoisotopic (exact) mass is 397 g/mol. The highest BCUT2D eigenvalue weighted by Gasteiger charge is 2.18. The summed E-state index contributed by atoms with van der Waals surface area (Å²) in [6, 6.07) is 15.7. The number of likely N-dealkylation sites (N-methyl/N-ethyl adjacent to an activating group) is 1. The summed E-state index contributed by atoms with van der Waals surface area (Å²) in [6.07, 6.45) is 0.0532. The molecule has 0 aliphatic carbocycles. The van der Waals surface area contributed by atoms with Gasteiger partial charge in [-0.25, -0.2) is 0 Å². The second-order valence-electron chi connectivity index (χ2n) is 7.37. The van der Waals surface area contributed by atoms with Crippen LogP contribution in [0.2, 0.25) is 0 Å². The molecular formula is C23H31N3O3. The number of amides is 1. The molecule has 1 atom stereocenters. The molecule has 1 saturated heterocycles. The number of methoxy groups -OCH3 is 1. The molecular weight excluding hydrogens is 366 g/mol. The molecule has 1 aliphatic rings. The molecule has 1 fully saturated rings.